The number of anilines is 2. The second kappa shape index (κ2) is 10.3. The van der Waals surface area contributed by atoms with Crippen molar-refractivity contribution in [2.45, 2.75) is 6.92 Å². The van der Waals surface area contributed by atoms with Gasteiger partial charge in [-0.2, -0.15) is 0 Å². The lowest BCUT2D eigenvalue weighted by molar-refractivity contribution is -0.133. The van der Waals surface area contributed by atoms with E-state index < -0.39 is 0 Å². The van der Waals surface area contributed by atoms with Crippen molar-refractivity contribution in [2.75, 3.05) is 56.7 Å². The van der Waals surface area contributed by atoms with Gasteiger partial charge >= 0.3 is 6.03 Å². The molecule has 1 aliphatic rings. The van der Waals surface area contributed by atoms with Crippen LogP contribution < -0.4 is 25.0 Å². The Hall–Kier alpha value is -3.49. The largest absolute Gasteiger partial charge is 0.497 e. The minimum Gasteiger partial charge on any atom is -0.497 e. The first-order valence-corrected chi connectivity index (χ1v) is 9.89. The van der Waals surface area contributed by atoms with E-state index in [1.165, 1.54) is 6.20 Å². The van der Waals surface area contributed by atoms with Crippen LogP contribution in [-0.4, -0.2) is 68.3 Å². The number of carbonyl (C=O) groups is 2. The van der Waals surface area contributed by atoms with Crippen LogP contribution in [0.2, 0.25) is 0 Å². The molecule has 0 spiro atoms. The van der Waals surface area contributed by atoms with Gasteiger partial charge in [0.25, 0.3) is 5.91 Å². The lowest BCUT2D eigenvalue weighted by Gasteiger charge is -2.36. The molecule has 0 bridgehead atoms. The number of methoxy groups -OCH3 is 1. The van der Waals surface area contributed by atoms with Gasteiger partial charge in [0, 0.05) is 50.5 Å². The molecular formula is C21H27N5O4. The zero-order chi connectivity index (χ0) is 21.3. The molecule has 30 heavy (non-hydrogen) atoms. The van der Waals surface area contributed by atoms with Crippen molar-refractivity contribution in [1.29, 1.82) is 0 Å². The van der Waals surface area contributed by atoms with Gasteiger partial charge < -0.3 is 29.9 Å². The van der Waals surface area contributed by atoms with Gasteiger partial charge in [0.2, 0.25) is 5.88 Å². The van der Waals surface area contributed by atoms with Crippen LogP contribution in [0.3, 0.4) is 0 Å². The molecule has 1 aromatic carbocycles. The highest BCUT2D eigenvalue weighted by Crippen LogP contribution is 2.22. The third kappa shape index (κ3) is 5.76. The summed E-state index contributed by atoms with van der Waals surface area (Å²) >= 11 is 0. The fourth-order valence-electron chi connectivity index (χ4n) is 3.12. The van der Waals surface area contributed by atoms with Crippen molar-refractivity contribution in [3.05, 3.63) is 42.6 Å². The molecule has 0 saturated carbocycles. The molecule has 2 heterocycles. The molecule has 0 radical (unpaired) electrons. The molecule has 0 atom stereocenters. The number of carbonyl (C=O) groups excluding carboxylic acids is 2. The predicted octanol–water partition coefficient (Wildman–Crippen LogP) is 1.96. The summed E-state index contributed by atoms with van der Waals surface area (Å²) in [4.78, 5) is 32.1. The third-order valence-corrected chi connectivity index (χ3v) is 4.73. The van der Waals surface area contributed by atoms with Crippen molar-refractivity contribution < 1.29 is 19.1 Å². The summed E-state index contributed by atoms with van der Waals surface area (Å²) in [5.41, 5.74) is 1.64. The molecule has 3 rings (SSSR count). The molecule has 1 fully saturated rings. The topological polar surface area (TPSA) is 96.0 Å². The van der Waals surface area contributed by atoms with Gasteiger partial charge in [0.15, 0.2) is 6.61 Å². The number of rotatable bonds is 7. The van der Waals surface area contributed by atoms with Crippen LogP contribution in [0.1, 0.15) is 6.92 Å². The summed E-state index contributed by atoms with van der Waals surface area (Å²) in [6.45, 7) is 5.05. The smallest absolute Gasteiger partial charge is 0.319 e. The monoisotopic (exact) mass is 413 g/mol. The Morgan fingerprint density at radius 3 is 2.60 bits per heavy atom. The van der Waals surface area contributed by atoms with E-state index in [2.05, 4.69) is 20.5 Å². The lowest BCUT2D eigenvalue weighted by atomic mass is 10.2. The standard InChI is InChI=1S/C21H27N5O4/c1-3-22-21(28)24-16-7-8-19(23-14-16)30-15-20(27)26-11-9-25(10-12-26)17-5-4-6-18(13-17)29-2/h4-8,13-14H,3,9-12,15H2,1-2H3,(H2,22,24,28). The molecular weight excluding hydrogens is 386 g/mol. The van der Waals surface area contributed by atoms with E-state index in [1.54, 1.807) is 24.1 Å². The van der Waals surface area contributed by atoms with Gasteiger partial charge in [-0.3, -0.25) is 4.79 Å². The van der Waals surface area contributed by atoms with Gasteiger partial charge in [-0.1, -0.05) is 6.07 Å². The van der Waals surface area contributed by atoms with Crippen LogP contribution in [0, 0.1) is 0 Å². The molecule has 2 aromatic rings. The summed E-state index contributed by atoms with van der Waals surface area (Å²) < 4.78 is 10.8. The first-order chi connectivity index (χ1) is 14.6. The van der Waals surface area contributed by atoms with E-state index in [9.17, 15) is 9.59 Å². The average Bonchev–Trinajstić information content (AvgIpc) is 2.78. The first kappa shape index (κ1) is 21.2. The molecule has 9 nitrogen and oxygen atoms in total. The summed E-state index contributed by atoms with van der Waals surface area (Å²) in [6.07, 6.45) is 1.49. The Balaban J connectivity index is 1.44. The van der Waals surface area contributed by atoms with Crippen LogP contribution in [0.5, 0.6) is 11.6 Å². The van der Waals surface area contributed by atoms with E-state index in [0.29, 0.717) is 31.2 Å². The van der Waals surface area contributed by atoms with Crippen molar-refractivity contribution in [3.8, 4) is 11.6 Å². The normalized spacial score (nSPS) is 13.5. The number of piperazine rings is 1. The van der Waals surface area contributed by atoms with Crippen LogP contribution >= 0.6 is 0 Å². The van der Waals surface area contributed by atoms with E-state index >= 15 is 0 Å². The second-order valence-corrected chi connectivity index (χ2v) is 6.73. The Kier molecular flexibility index (Phi) is 7.31. The van der Waals surface area contributed by atoms with E-state index in [0.717, 1.165) is 24.5 Å². The van der Waals surface area contributed by atoms with Gasteiger partial charge in [-0.15, -0.1) is 0 Å². The molecule has 1 saturated heterocycles. The number of pyridine rings is 1. The maximum absolute atomic E-state index is 12.5. The average molecular weight is 413 g/mol. The SMILES string of the molecule is CCNC(=O)Nc1ccc(OCC(=O)N2CCN(c3cccc(OC)c3)CC2)nc1. The Morgan fingerprint density at radius 1 is 1.13 bits per heavy atom. The summed E-state index contributed by atoms with van der Waals surface area (Å²) in [7, 11) is 1.65. The van der Waals surface area contributed by atoms with Crippen LogP contribution in [0.15, 0.2) is 42.6 Å². The van der Waals surface area contributed by atoms with E-state index in [4.69, 9.17) is 9.47 Å². The fraction of sp³-hybridized carbons (Fsp3) is 0.381. The lowest BCUT2D eigenvalue weighted by Crippen LogP contribution is -2.50. The molecule has 9 heteroatoms. The summed E-state index contributed by atoms with van der Waals surface area (Å²) in [6, 6.07) is 10.9. The van der Waals surface area contributed by atoms with Gasteiger partial charge in [-0.05, 0) is 25.1 Å². The number of amides is 3. The number of urea groups is 1. The summed E-state index contributed by atoms with van der Waals surface area (Å²) in [5.74, 6) is 1.07. The number of nitrogens with zero attached hydrogens (tertiary/aromatic N) is 3. The molecule has 3 amide bonds. The molecule has 1 aliphatic heterocycles. The van der Waals surface area contributed by atoms with E-state index in [1.807, 2.05) is 31.2 Å². The Bertz CT molecular complexity index is 851. The number of aromatic nitrogens is 1. The minimum atomic E-state index is -0.295. The number of hydrogen-bond donors (Lipinski definition) is 2. The highest BCUT2D eigenvalue weighted by Gasteiger charge is 2.22. The van der Waals surface area contributed by atoms with Crippen LogP contribution in [-0.2, 0) is 4.79 Å². The fourth-order valence-corrected chi connectivity index (χ4v) is 3.12. The Labute approximate surface area is 176 Å². The number of nitrogens with one attached hydrogen (secondary N) is 2. The highest BCUT2D eigenvalue weighted by molar-refractivity contribution is 5.88. The maximum Gasteiger partial charge on any atom is 0.319 e. The third-order valence-electron chi connectivity index (χ3n) is 4.73. The first-order valence-electron chi connectivity index (χ1n) is 9.89. The maximum atomic E-state index is 12.5. The molecule has 2 N–H and O–H groups in total. The van der Waals surface area contributed by atoms with Crippen molar-refractivity contribution >= 4 is 23.3 Å². The number of benzene rings is 1. The molecule has 160 valence electrons. The predicted molar refractivity (Wildman–Crippen MR) is 114 cm³/mol. The zero-order valence-electron chi connectivity index (χ0n) is 17.3. The van der Waals surface area contributed by atoms with Crippen molar-refractivity contribution in [2.24, 2.45) is 0 Å². The minimum absolute atomic E-state index is 0.0742. The highest BCUT2D eigenvalue weighted by atomic mass is 16.5. The second-order valence-electron chi connectivity index (χ2n) is 6.73. The van der Waals surface area contributed by atoms with Gasteiger partial charge in [0.05, 0.1) is 19.0 Å². The molecule has 1 aromatic heterocycles. The summed E-state index contributed by atoms with van der Waals surface area (Å²) in [5, 5.41) is 5.29. The van der Waals surface area contributed by atoms with Crippen LogP contribution in [0.4, 0.5) is 16.2 Å². The molecule has 0 aliphatic carbocycles. The Morgan fingerprint density at radius 2 is 1.93 bits per heavy atom. The van der Waals surface area contributed by atoms with Gasteiger partial charge in [0.1, 0.15) is 5.75 Å². The van der Waals surface area contributed by atoms with Crippen molar-refractivity contribution in [3.63, 3.8) is 0 Å². The number of ether oxygens (including phenoxy) is 2. The van der Waals surface area contributed by atoms with E-state index in [-0.39, 0.29) is 18.5 Å². The van der Waals surface area contributed by atoms with Crippen molar-refractivity contribution in [1.82, 2.24) is 15.2 Å². The van der Waals surface area contributed by atoms with Gasteiger partial charge in [-0.25, -0.2) is 9.78 Å². The van der Waals surface area contributed by atoms with Crippen LogP contribution in [0.25, 0.3) is 0 Å². The zero-order valence-corrected chi connectivity index (χ0v) is 17.3. The number of hydrogen-bond acceptors (Lipinski definition) is 6. The quantitative estimate of drug-likeness (QED) is 0.720. The molecule has 0 unspecified atom stereocenters.